The molecular weight excluding hydrogens is 230 g/mol. The van der Waals surface area contributed by atoms with E-state index in [4.69, 9.17) is 5.11 Å². The van der Waals surface area contributed by atoms with Gasteiger partial charge >= 0.3 is 59.1 Å². The zero-order valence-corrected chi connectivity index (χ0v) is 16.6. The van der Waals surface area contributed by atoms with Crippen molar-refractivity contribution in [3.63, 3.8) is 0 Å². The van der Waals surface area contributed by atoms with Gasteiger partial charge < -0.3 is 7.96 Å². The SMILES string of the molecule is CCCCCCCCCCCCCCO.[H-].[H-].[Na+].[Na+]. The third-order valence-corrected chi connectivity index (χ3v) is 3.01. The van der Waals surface area contributed by atoms with Crippen LogP contribution in [0, 0.1) is 0 Å². The van der Waals surface area contributed by atoms with Gasteiger partial charge in [-0.1, -0.05) is 77.6 Å². The maximum Gasteiger partial charge on any atom is 1.00 e. The molecule has 0 aromatic rings. The van der Waals surface area contributed by atoms with E-state index in [2.05, 4.69) is 6.92 Å². The maximum absolute atomic E-state index is 8.61. The topological polar surface area (TPSA) is 20.2 Å². The Morgan fingerprint density at radius 3 is 1.18 bits per heavy atom. The normalized spacial score (nSPS) is 9.53. The van der Waals surface area contributed by atoms with Crippen LogP contribution in [0.25, 0.3) is 0 Å². The summed E-state index contributed by atoms with van der Waals surface area (Å²) in [6, 6.07) is 0. The van der Waals surface area contributed by atoms with Crippen molar-refractivity contribution < 1.29 is 67.1 Å². The minimum Gasteiger partial charge on any atom is -1.00 e. The Kier molecular flexibility index (Phi) is 32.6. The van der Waals surface area contributed by atoms with E-state index in [1.165, 1.54) is 70.6 Å². The van der Waals surface area contributed by atoms with Crippen molar-refractivity contribution in [2.75, 3.05) is 6.61 Å². The smallest absolute Gasteiger partial charge is 1.00 e. The Bertz CT molecular complexity index is 108. The van der Waals surface area contributed by atoms with Crippen LogP contribution in [0.2, 0.25) is 0 Å². The van der Waals surface area contributed by atoms with Crippen molar-refractivity contribution >= 4 is 0 Å². The molecule has 0 saturated heterocycles. The molecule has 0 atom stereocenters. The molecule has 0 bridgehead atoms. The summed E-state index contributed by atoms with van der Waals surface area (Å²) in [5.41, 5.74) is 0. The van der Waals surface area contributed by atoms with Crippen LogP contribution in [0.5, 0.6) is 0 Å². The number of rotatable bonds is 12. The van der Waals surface area contributed by atoms with E-state index < -0.39 is 0 Å². The molecule has 0 unspecified atom stereocenters. The van der Waals surface area contributed by atoms with E-state index in [1.807, 2.05) is 0 Å². The number of hydrogen-bond acceptors (Lipinski definition) is 1. The molecule has 1 nitrogen and oxygen atoms in total. The first-order chi connectivity index (χ1) is 7.41. The average molecular weight is 262 g/mol. The summed E-state index contributed by atoms with van der Waals surface area (Å²) in [6.45, 7) is 2.64. The predicted molar refractivity (Wildman–Crippen MR) is 70.4 cm³/mol. The van der Waals surface area contributed by atoms with E-state index >= 15 is 0 Å². The van der Waals surface area contributed by atoms with Crippen LogP contribution in [0.4, 0.5) is 0 Å². The molecular formula is C14H32Na2O. The van der Waals surface area contributed by atoms with E-state index in [1.54, 1.807) is 0 Å². The summed E-state index contributed by atoms with van der Waals surface area (Å²) < 4.78 is 0. The summed E-state index contributed by atoms with van der Waals surface area (Å²) in [5.74, 6) is 0. The van der Waals surface area contributed by atoms with Crippen molar-refractivity contribution in [2.24, 2.45) is 0 Å². The molecule has 0 saturated carbocycles. The molecule has 0 aliphatic rings. The molecule has 17 heavy (non-hydrogen) atoms. The fourth-order valence-corrected chi connectivity index (χ4v) is 1.95. The molecule has 0 rings (SSSR count). The van der Waals surface area contributed by atoms with Gasteiger partial charge in [-0.25, -0.2) is 0 Å². The predicted octanol–water partition coefficient (Wildman–Crippen LogP) is -1.09. The van der Waals surface area contributed by atoms with Crippen molar-refractivity contribution in [1.29, 1.82) is 0 Å². The Hall–Kier alpha value is 1.96. The summed E-state index contributed by atoms with van der Waals surface area (Å²) in [4.78, 5) is 0. The summed E-state index contributed by atoms with van der Waals surface area (Å²) >= 11 is 0. The van der Waals surface area contributed by atoms with Gasteiger partial charge in [0.1, 0.15) is 0 Å². The summed E-state index contributed by atoms with van der Waals surface area (Å²) in [5, 5.41) is 8.61. The molecule has 0 aliphatic heterocycles. The molecule has 96 valence electrons. The van der Waals surface area contributed by atoms with Gasteiger partial charge in [0.2, 0.25) is 0 Å². The van der Waals surface area contributed by atoms with Gasteiger partial charge in [-0.05, 0) is 6.42 Å². The van der Waals surface area contributed by atoms with Crippen LogP contribution in [0.3, 0.4) is 0 Å². The van der Waals surface area contributed by atoms with Gasteiger partial charge in [0.15, 0.2) is 0 Å². The number of aliphatic hydroxyl groups excluding tert-OH is 1. The molecule has 0 aromatic heterocycles. The Balaban J connectivity index is -0.000000163. The van der Waals surface area contributed by atoms with Crippen LogP contribution in [0.15, 0.2) is 0 Å². The fourth-order valence-electron chi connectivity index (χ4n) is 1.95. The van der Waals surface area contributed by atoms with Crippen molar-refractivity contribution in [1.82, 2.24) is 0 Å². The fraction of sp³-hybridized carbons (Fsp3) is 1.00. The van der Waals surface area contributed by atoms with Gasteiger partial charge in [0, 0.05) is 6.61 Å². The largest absolute Gasteiger partial charge is 1.00 e. The van der Waals surface area contributed by atoms with Gasteiger partial charge in [-0.15, -0.1) is 0 Å². The maximum atomic E-state index is 8.61. The second-order valence-corrected chi connectivity index (χ2v) is 4.61. The van der Waals surface area contributed by atoms with Crippen LogP contribution in [0.1, 0.15) is 86.8 Å². The molecule has 0 heterocycles. The minimum absolute atomic E-state index is 0. The van der Waals surface area contributed by atoms with E-state index in [9.17, 15) is 0 Å². The molecule has 1 N–H and O–H groups in total. The quantitative estimate of drug-likeness (QED) is 0.350. The molecule has 0 radical (unpaired) electrons. The van der Waals surface area contributed by atoms with Gasteiger partial charge in [0.05, 0.1) is 0 Å². The second kappa shape index (κ2) is 23.1. The molecule has 0 aliphatic carbocycles. The Labute approximate surface area is 156 Å². The summed E-state index contributed by atoms with van der Waals surface area (Å²) in [6.07, 6.45) is 16.2. The van der Waals surface area contributed by atoms with Gasteiger partial charge in [0.25, 0.3) is 0 Å². The Morgan fingerprint density at radius 1 is 0.588 bits per heavy atom. The molecule has 0 amide bonds. The van der Waals surface area contributed by atoms with Crippen molar-refractivity contribution in [2.45, 2.75) is 84.0 Å². The monoisotopic (exact) mass is 262 g/mol. The first-order valence-corrected chi connectivity index (χ1v) is 7.02. The van der Waals surface area contributed by atoms with Crippen molar-refractivity contribution in [3.8, 4) is 0 Å². The van der Waals surface area contributed by atoms with E-state index in [0.29, 0.717) is 6.61 Å². The van der Waals surface area contributed by atoms with Crippen LogP contribution in [-0.2, 0) is 0 Å². The number of unbranched alkanes of at least 4 members (excludes halogenated alkanes) is 11. The third-order valence-electron chi connectivity index (χ3n) is 3.01. The first-order valence-electron chi connectivity index (χ1n) is 7.02. The minimum atomic E-state index is 0. The van der Waals surface area contributed by atoms with Gasteiger partial charge in [-0.2, -0.15) is 0 Å². The second-order valence-electron chi connectivity index (χ2n) is 4.61. The van der Waals surface area contributed by atoms with E-state index in [-0.39, 0.29) is 62.0 Å². The van der Waals surface area contributed by atoms with Crippen LogP contribution in [-0.4, -0.2) is 11.7 Å². The van der Waals surface area contributed by atoms with Crippen molar-refractivity contribution in [3.05, 3.63) is 0 Å². The molecule has 3 heteroatoms. The summed E-state index contributed by atoms with van der Waals surface area (Å²) in [7, 11) is 0. The zero-order chi connectivity index (χ0) is 11.2. The molecule has 0 spiro atoms. The van der Waals surface area contributed by atoms with Crippen LogP contribution < -0.4 is 59.1 Å². The number of hydrogen-bond donors (Lipinski definition) is 1. The zero-order valence-electron chi connectivity index (χ0n) is 14.6. The van der Waals surface area contributed by atoms with Gasteiger partial charge in [-0.3, -0.25) is 0 Å². The van der Waals surface area contributed by atoms with E-state index in [0.717, 1.165) is 6.42 Å². The first kappa shape index (κ1) is 24.0. The van der Waals surface area contributed by atoms with Crippen LogP contribution >= 0.6 is 0 Å². The third kappa shape index (κ3) is 23.5. The standard InChI is InChI=1S/C14H30O.2Na.2H/c1-2-3-4-5-6-7-8-9-10-11-12-13-14-15;;;;/h15H,2-14H2,1H3;;;;/q;2*+1;2*-1. The average Bonchev–Trinajstić information content (AvgIpc) is 2.26. The molecule has 0 aromatic carbocycles. The Morgan fingerprint density at radius 2 is 0.882 bits per heavy atom. The number of aliphatic hydroxyl groups is 1. The molecule has 0 fully saturated rings.